The number of hydrazone groups is 1. The minimum Gasteiger partial charge on any atom is -0.315 e. The predicted molar refractivity (Wildman–Crippen MR) is 110 cm³/mol. The van der Waals surface area contributed by atoms with Crippen molar-refractivity contribution in [3.63, 3.8) is 0 Å². The Labute approximate surface area is 171 Å². The van der Waals surface area contributed by atoms with E-state index in [0.717, 1.165) is 33.8 Å². The van der Waals surface area contributed by atoms with Crippen LogP contribution in [-0.2, 0) is 0 Å². The van der Waals surface area contributed by atoms with Gasteiger partial charge in [-0.2, -0.15) is 10.2 Å². The zero-order valence-electron chi connectivity index (χ0n) is 16.3. The van der Waals surface area contributed by atoms with Crippen LogP contribution in [0.15, 0.2) is 47.1 Å². The van der Waals surface area contributed by atoms with Gasteiger partial charge in [0.1, 0.15) is 11.6 Å². The first kappa shape index (κ1) is 18.5. The molecule has 2 aliphatic rings. The van der Waals surface area contributed by atoms with Gasteiger partial charge in [0.25, 0.3) is 0 Å². The van der Waals surface area contributed by atoms with Crippen molar-refractivity contribution >= 4 is 29.2 Å². The van der Waals surface area contributed by atoms with Gasteiger partial charge >= 0.3 is 6.03 Å². The number of fused-ring (bicyclic) bond motifs is 1. The van der Waals surface area contributed by atoms with Gasteiger partial charge in [0.2, 0.25) is 0 Å². The lowest BCUT2D eigenvalue weighted by molar-refractivity contribution is 0.136. The Hall–Kier alpha value is -3.55. The average Bonchev–Trinajstić information content (AvgIpc) is 3.30. The van der Waals surface area contributed by atoms with Crippen molar-refractivity contribution in [3.05, 3.63) is 70.4 Å². The lowest BCUT2D eigenvalue weighted by Crippen LogP contribution is -2.49. The highest BCUT2D eigenvalue weighted by molar-refractivity contribution is 5.84. The van der Waals surface area contributed by atoms with Crippen molar-refractivity contribution in [3.8, 4) is 0 Å². The van der Waals surface area contributed by atoms with Crippen LogP contribution >= 0.6 is 0 Å². The van der Waals surface area contributed by atoms with Gasteiger partial charge in [-0.3, -0.25) is 5.10 Å². The zero-order valence-corrected chi connectivity index (χ0v) is 16.3. The van der Waals surface area contributed by atoms with Crippen LogP contribution < -0.4 is 0 Å². The summed E-state index contributed by atoms with van der Waals surface area (Å²) in [6, 6.07) is 8.64. The molecule has 2 amide bonds. The largest absolute Gasteiger partial charge is 0.341 e. The summed E-state index contributed by atoms with van der Waals surface area (Å²) in [6.45, 7) is 2.95. The number of likely N-dealkylation sites (tertiary alicyclic amines) is 1. The number of nitrogens with one attached hydrogen (secondary N) is 1. The summed E-state index contributed by atoms with van der Waals surface area (Å²) >= 11 is 0. The number of aromatic nitrogens is 2. The first-order valence-electron chi connectivity index (χ1n) is 9.69. The second-order valence-corrected chi connectivity index (χ2v) is 7.65. The molecule has 0 spiro atoms. The molecule has 8 heteroatoms. The Morgan fingerprint density at radius 2 is 1.93 bits per heavy atom. The fourth-order valence-corrected chi connectivity index (χ4v) is 3.96. The van der Waals surface area contributed by atoms with Gasteiger partial charge in [0.15, 0.2) is 0 Å². The van der Waals surface area contributed by atoms with Crippen molar-refractivity contribution in [1.29, 1.82) is 0 Å². The summed E-state index contributed by atoms with van der Waals surface area (Å²) in [7, 11) is 0. The van der Waals surface area contributed by atoms with E-state index in [1.54, 1.807) is 11.1 Å². The van der Waals surface area contributed by atoms with Gasteiger partial charge < -0.3 is 4.90 Å². The maximum Gasteiger partial charge on any atom is 0.341 e. The number of nitrogens with zero attached hydrogens (tertiary/aromatic N) is 4. The number of benzene rings is 2. The van der Waals surface area contributed by atoms with Gasteiger partial charge in [0, 0.05) is 37.2 Å². The Kier molecular flexibility index (Phi) is 4.34. The normalized spacial score (nSPS) is 18.2. The molecule has 152 valence electrons. The molecule has 0 aliphatic carbocycles. The van der Waals surface area contributed by atoms with Gasteiger partial charge in [-0.15, -0.1) is 0 Å². The number of carbonyl (C=O) groups excluding carboxylic acids is 1. The summed E-state index contributed by atoms with van der Waals surface area (Å²) in [5.74, 6) is -1.33. The van der Waals surface area contributed by atoms with Crippen LogP contribution in [0.4, 0.5) is 13.6 Å². The van der Waals surface area contributed by atoms with Crippen molar-refractivity contribution in [2.45, 2.75) is 19.4 Å². The number of hydrogen-bond donors (Lipinski definition) is 1. The van der Waals surface area contributed by atoms with Gasteiger partial charge in [0.05, 0.1) is 17.3 Å². The molecule has 3 aromatic rings. The number of carbonyl (C=O) groups is 1. The number of aromatic amines is 1. The summed E-state index contributed by atoms with van der Waals surface area (Å²) in [5, 5.41) is 13.8. The van der Waals surface area contributed by atoms with Gasteiger partial charge in [-0.05, 0) is 41.8 Å². The lowest BCUT2D eigenvalue weighted by atomic mass is 10.0. The van der Waals surface area contributed by atoms with Crippen molar-refractivity contribution < 1.29 is 13.6 Å². The van der Waals surface area contributed by atoms with E-state index in [2.05, 4.69) is 21.4 Å². The molecule has 0 saturated carbocycles. The molecular weight excluding hydrogens is 388 g/mol. The Morgan fingerprint density at radius 3 is 2.70 bits per heavy atom. The number of halogens is 2. The van der Waals surface area contributed by atoms with Crippen LogP contribution in [0.5, 0.6) is 0 Å². The SMILES string of the molecule is Cc1n[nH]c2cc(C=C3CN(C(=O)N4N=CCC4c4cc(F)cc(F)c4)C3)ccc12. The molecule has 1 aromatic heterocycles. The van der Waals surface area contributed by atoms with E-state index in [9.17, 15) is 13.6 Å². The molecule has 3 heterocycles. The van der Waals surface area contributed by atoms with Gasteiger partial charge in [-0.1, -0.05) is 18.2 Å². The topological polar surface area (TPSA) is 64.6 Å². The number of aryl methyl sites for hydroxylation is 1. The number of urea groups is 1. The monoisotopic (exact) mass is 407 g/mol. The molecule has 1 unspecified atom stereocenters. The molecule has 2 aliphatic heterocycles. The van der Waals surface area contributed by atoms with E-state index in [-0.39, 0.29) is 6.03 Å². The fourth-order valence-electron chi connectivity index (χ4n) is 3.96. The maximum atomic E-state index is 13.6. The van der Waals surface area contributed by atoms with E-state index in [4.69, 9.17) is 0 Å². The summed E-state index contributed by atoms with van der Waals surface area (Å²) < 4.78 is 27.2. The van der Waals surface area contributed by atoms with Crippen LogP contribution in [-0.4, -0.2) is 45.4 Å². The molecule has 0 bridgehead atoms. The quantitative estimate of drug-likeness (QED) is 0.684. The van der Waals surface area contributed by atoms with Crippen LogP contribution in [0, 0.1) is 18.6 Å². The summed E-state index contributed by atoms with van der Waals surface area (Å²) in [6.07, 6.45) is 4.09. The minimum absolute atomic E-state index is 0.268. The molecule has 1 N–H and O–H groups in total. The molecule has 1 atom stereocenters. The van der Waals surface area contributed by atoms with Crippen molar-refractivity contribution in [2.75, 3.05) is 13.1 Å². The van der Waals surface area contributed by atoms with E-state index in [0.29, 0.717) is 25.1 Å². The van der Waals surface area contributed by atoms with Gasteiger partial charge in [-0.25, -0.2) is 18.6 Å². The molecule has 2 aromatic carbocycles. The third-order valence-electron chi connectivity index (χ3n) is 5.50. The Bertz CT molecular complexity index is 1190. The van der Waals surface area contributed by atoms with E-state index in [1.165, 1.54) is 17.1 Å². The zero-order chi connectivity index (χ0) is 20.8. The smallest absolute Gasteiger partial charge is 0.315 e. The summed E-state index contributed by atoms with van der Waals surface area (Å²) in [5.41, 5.74) is 4.50. The highest BCUT2D eigenvalue weighted by Crippen LogP contribution is 2.32. The highest BCUT2D eigenvalue weighted by Gasteiger charge is 2.35. The molecule has 5 rings (SSSR count). The summed E-state index contributed by atoms with van der Waals surface area (Å²) in [4.78, 5) is 14.5. The van der Waals surface area contributed by atoms with Crippen LogP contribution in [0.25, 0.3) is 17.0 Å². The predicted octanol–water partition coefficient (Wildman–Crippen LogP) is 4.40. The molecule has 30 heavy (non-hydrogen) atoms. The number of amides is 2. The first-order valence-corrected chi connectivity index (χ1v) is 9.69. The second-order valence-electron chi connectivity index (χ2n) is 7.65. The molecule has 1 fully saturated rings. The molecule has 6 nitrogen and oxygen atoms in total. The second kappa shape index (κ2) is 7.05. The van der Waals surface area contributed by atoms with Crippen molar-refractivity contribution in [1.82, 2.24) is 20.1 Å². The van der Waals surface area contributed by atoms with E-state index in [1.807, 2.05) is 25.1 Å². The Balaban J connectivity index is 1.28. The maximum absolute atomic E-state index is 13.6. The molecule has 0 radical (unpaired) electrons. The highest BCUT2D eigenvalue weighted by atomic mass is 19.1. The lowest BCUT2D eigenvalue weighted by Gasteiger charge is -2.37. The number of hydrogen-bond acceptors (Lipinski definition) is 3. The average molecular weight is 407 g/mol. The number of rotatable bonds is 2. The molecule has 1 saturated heterocycles. The van der Waals surface area contributed by atoms with Crippen LogP contribution in [0.3, 0.4) is 0 Å². The van der Waals surface area contributed by atoms with Crippen molar-refractivity contribution in [2.24, 2.45) is 5.10 Å². The van der Waals surface area contributed by atoms with E-state index >= 15 is 0 Å². The standard InChI is InChI=1S/C22H19F2N5O/c1-13-19-3-2-14(7-20(19)27-26-13)6-15-11-28(12-15)22(30)29-21(4-5-25-29)16-8-17(23)10-18(24)9-16/h2-3,5-10,21H,4,11-12H2,1H3,(H,26,27). The number of H-pyrrole nitrogens is 1. The Morgan fingerprint density at radius 1 is 1.17 bits per heavy atom. The first-order chi connectivity index (χ1) is 14.5. The van der Waals surface area contributed by atoms with E-state index < -0.39 is 17.7 Å². The minimum atomic E-state index is -0.664. The third-order valence-corrected chi connectivity index (χ3v) is 5.50. The fraction of sp³-hybridized carbons (Fsp3) is 0.227. The third kappa shape index (κ3) is 3.24. The van der Waals surface area contributed by atoms with Crippen LogP contribution in [0.1, 0.15) is 29.3 Å². The molecular formula is C22H19F2N5O. The van der Waals surface area contributed by atoms with Crippen LogP contribution in [0.2, 0.25) is 0 Å².